The lowest BCUT2D eigenvalue weighted by molar-refractivity contribution is 0.102. The van der Waals surface area contributed by atoms with Crippen molar-refractivity contribution in [2.24, 2.45) is 0 Å². The Hall–Kier alpha value is -2.14. The van der Waals surface area contributed by atoms with Crippen LogP contribution in [-0.4, -0.2) is 28.7 Å². The highest BCUT2D eigenvalue weighted by atomic mass is 35.5. The van der Waals surface area contributed by atoms with Gasteiger partial charge in [-0.2, -0.15) is 0 Å². The van der Waals surface area contributed by atoms with Gasteiger partial charge in [0.25, 0.3) is 5.91 Å². The number of carbonyl (C=O) groups excluding carboxylic acids is 1. The van der Waals surface area contributed by atoms with Crippen molar-refractivity contribution in [3.8, 4) is 0 Å². The molecule has 0 saturated carbocycles. The van der Waals surface area contributed by atoms with Crippen LogP contribution in [-0.2, 0) is 0 Å². The monoisotopic (exact) mass is 344 g/mol. The number of nitrogens with one attached hydrogen (secondary N) is 1. The largest absolute Gasteiger partial charge is 0.352 e. The molecule has 2 heterocycles. The van der Waals surface area contributed by atoms with Crippen LogP contribution in [0.25, 0.3) is 0 Å². The van der Waals surface area contributed by atoms with Crippen molar-refractivity contribution in [1.29, 1.82) is 0 Å². The highest BCUT2D eigenvalue weighted by molar-refractivity contribution is 6.30. The van der Waals surface area contributed by atoms with Crippen LogP contribution >= 0.6 is 11.6 Å². The molecule has 1 unspecified atom stereocenters. The first-order valence-electron chi connectivity index (χ1n) is 8.34. The number of piperidine rings is 1. The lowest BCUT2D eigenvalue weighted by atomic mass is 10.0. The maximum atomic E-state index is 12.2. The van der Waals surface area contributed by atoms with E-state index in [2.05, 4.69) is 27.3 Å². The van der Waals surface area contributed by atoms with Gasteiger partial charge in [-0.25, -0.2) is 0 Å². The quantitative estimate of drug-likeness (QED) is 0.905. The molecule has 6 heteroatoms. The SMILES string of the molecule is CCC1CCCCN1c1ccc(NC(=O)c2ccc(Cl)cc2)nn1. The fourth-order valence-electron chi connectivity index (χ4n) is 3.06. The molecular weight excluding hydrogens is 324 g/mol. The molecule has 1 aromatic carbocycles. The van der Waals surface area contributed by atoms with Gasteiger partial charge >= 0.3 is 0 Å². The molecule has 1 atom stereocenters. The fraction of sp³-hybridized carbons (Fsp3) is 0.389. The molecule has 1 N–H and O–H groups in total. The molecular formula is C18H21ClN4O. The number of hydrogen-bond donors (Lipinski definition) is 1. The van der Waals surface area contributed by atoms with E-state index in [1.54, 1.807) is 30.3 Å². The Morgan fingerprint density at radius 2 is 2.00 bits per heavy atom. The van der Waals surface area contributed by atoms with Gasteiger partial charge in [0.05, 0.1) is 0 Å². The van der Waals surface area contributed by atoms with E-state index in [1.807, 2.05) is 6.07 Å². The zero-order valence-electron chi connectivity index (χ0n) is 13.7. The minimum absolute atomic E-state index is 0.224. The van der Waals surface area contributed by atoms with Gasteiger partial charge in [-0.1, -0.05) is 18.5 Å². The lowest BCUT2D eigenvalue weighted by Gasteiger charge is -2.35. The summed E-state index contributed by atoms with van der Waals surface area (Å²) in [6.45, 7) is 3.22. The van der Waals surface area contributed by atoms with Gasteiger partial charge in [-0.15, -0.1) is 10.2 Å². The molecule has 0 bridgehead atoms. The summed E-state index contributed by atoms with van der Waals surface area (Å²) in [5, 5.41) is 11.8. The Morgan fingerprint density at radius 1 is 1.21 bits per heavy atom. The number of benzene rings is 1. The second kappa shape index (κ2) is 7.62. The van der Waals surface area contributed by atoms with E-state index >= 15 is 0 Å². The molecule has 1 aliphatic rings. The van der Waals surface area contributed by atoms with Gasteiger partial charge in [0.2, 0.25) is 0 Å². The van der Waals surface area contributed by atoms with Gasteiger partial charge in [-0.05, 0) is 62.1 Å². The summed E-state index contributed by atoms with van der Waals surface area (Å²) in [6.07, 6.45) is 4.77. The van der Waals surface area contributed by atoms with E-state index in [0.717, 1.165) is 18.8 Å². The molecule has 1 fully saturated rings. The zero-order chi connectivity index (χ0) is 16.9. The molecule has 0 radical (unpaired) electrons. The molecule has 5 nitrogen and oxygen atoms in total. The standard InChI is InChI=1S/C18H21ClN4O/c1-2-15-5-3-4-12-23(15)17-11-10-16(21-22-17)20-18(24)13-6-8-14(19)9-7-13/h6-11,15H,2-5,12H2,1H3,(H,20,21,24). The van der Waals surface area contributed by atoms with Gasteiger partial charge in [0, 0.05) is 23.2 Å². The Labute approximate surface area is 147 Å². The predicted octanol–water partition coefficient (Wildman–Crippen LogP) is 4.15. The highest BCUT2D eigenvalue weighted by Gasteiger charge is 2.22. The summed E-state index contributed by atoms with van der Waals surface area (Å²) in [6, 6.07) is 11.0. The highest BCUT2D eigenvalue weighted by Crippen LogP contribution is 2.25. The number of halogens is 1. The summed E-state index contributed by atoms with van der Waals surface area (Å²) in [5.74, 6) is 1.10. The lowest BCUT2D eigenvalue weighted by Crippen LogP contribution is -2.39. The van der Waals surface area contributed by atoms with E-state index in [9.17, 15) is 4.79 Å². The molecule has 1 saturated heterocycles. The molecule has 0 spiro atoms. The molecule has 3 rings (SSSR count). The van der Waals surface area contributed by atoms with E-state index in [-0.39, 0.29) is 5.91 Å². The van der Waals surface area contributed by atoms with Crippen LogP contribution in [0.15, 0.2) is 36.4 Å². The molecule has 1 amide bonds. The first-order chi connectivity index (χ1) is 11.7. The van der Waals surface area contributed by atoms with Crippen LogP contribution in [0, 0.1) is 0 Å². The maximum absolute atomic E-state index is 12.2. The Morgan fingerprint density at radius 3 is 2.67 bits per heavy atom. The van der Waals surface area contributed by atoms with Gasteiger partial charge in [0.1, 0.15) is 0 Å². The van der Waals surface area contributed by atoms with Crippen molar-refractivity contribution in [3.05, 3.63) is 47.0 Å². The zero-order valence-corrected chi connectivity index (χ0v) is 14.5. The Kier molecular flexibility index (Phi) is 5.30. The van der Waals surface area contributed by atoms with Crippen molar-refractivity contribution in [2.45, 2.75) is 38.6 Å². The fourth-order valence-corrected chi connectivity index (χ4v) is 3.19. The van der Waals surface area contributed by atoms with E-state index in [0.29, 0.717) is 22.4 Å². The third-order valence-electron chi connectivity index (χ3n) is 4.39. The topological polar surface area (TPSA) is 58.1 Å². The Bertz CT molecular complexity index is 687. The van der Waals surface area contributed by atoms with Crippen LogP contribution < -0.4 is 10.2 Å². The van der Waals surface area contributed by atoms with Crippen LogP contribution in [0.2, 0.25) is 5.02 Å². The molecule has 24 heavy (non-hydrogen) atoms. The smallest absolute Gasteiger partial charge is 0.256 e. The molecule has 1 aliphatic heterocycles. The summed E-state index contributed by atoms with van der Waals surface area (Å²) >= 11 is 5.83. The van der Waals surface area contributed by atoms with Crippen molar-refractivity contribution in [3.63, 3.8) is 0 Å². The third-order valence-corrected chi connectivity index (χ3v) is 4.64. The normalized spacial score (nSPS) is 17.6. The second-order valence-corrected chi connectivity index (χ2v) is 6.43. The first-order valence-corrected chi connectivity index (χ1v) is 8.72. The average molecular weight is 345 g/mol. The van der Waals surface area contributed by atoms with Gasteiger partial charge < -0.3 is 10.2 Å². The van der Waals surface area contributed by atoms with Crippen LogP contribution in [0.3, 0.4) is 0 Å². The van der Waals surface area contributed by atoms with Crippen molar-refractivity contribution in [2.75, 3.05) is 16.8 Å². The number of carbonyl (C=O) groups is 1. The summed E-state index contributed by atoms with van der Waals surface area (Å²) < 4.78 is 0. The first kappa shape index (κ1) is 16.7. The third kappa shape index (κ3) is 3.85. The molecule has 2 aromatic rings. The number of rotatable bonds is 4. The predicted molar refractivity (Wildman–Crippen MR) is 96.7 cm³/mol. The van der Waals surface area contributed by atoms with Gasteiger partial charge in [0.15, 0.2) is 11.6 Å². The molecule has 1 aromatic heterocycles. The maximum Gasteiger partial charge on any atom is 0.256 e. The van der Waals surface area contributed by atoms with Crippen LogP contribution in [0.5, 0.6) is 0 Å². The minimum Gasteiger partial charge on any atom is -0.352 e. The van der Waals surface area contributed by atoms with E-state index in [1.165, 1.54) is 19.3 Å². The van der Waals surface area contributed by atoms with Crippen molar-refractivity contribution >= 4 is 29.1 Å². The number of aromatic nitrogens is 2. The summed E-state index contributed by atoms with van der Waals surface area (Å²) in [5.41, 5.74) is 0.535. The van der Waals surface area contributed by atoms with E-state index in [4.69, 9.17) is 11.6 Å². The number of hydrogen-bond acceptors (Lipinski definition) is 4. The number of amides is 1. The van der Waals surface area contributed by atoms with Crippen LogP contribution in [0.1, 0.15) is 43.0 Å². The van der Waals surface area contributed by atoms with Crippen molar-refractivity contribution < 1.29 is 4.79 Å². The van der Waals surface area contributed by atoms with Gasteiger partial charge in [-0.3, -0.25) is 4.79 Å². The number of nitrogens with zero attached hydrogens (tertiary/aromatic N) is 3. The van der Waals surface area contributed by atoms with E-state index < -0.39 is 0 Å². The summed E-state index contributed by atoms with van der Waals surface area (Å²) in [7, 11) is 0. The number of anilines is 2. The molecule has 0 aliphatic carbocycles. The van der Waals surface area contributed by atoms with Crippen LogP contribution in [0.4, 0.5) is 11.6 Å². The minimum atomic E-state index is -0.224. The molecule has 126 valence electrons. The summed E-state index contributed by atoms with van der Waals surface area (Å²) in [4.78, 5) is 14.5. The average Bonchev–Trinajstić information content (AvgIpc) is 2.63. The second-order valence-electron chi connectivity index (χ2n) is 5.99. The Balaban J connectivity index is 1.68. The van der Waals surface area contributed by atoms with Crippen molar-refractivity contribution in [1.82, 2.24) is 10.2 Å².